The molecule has 0 unspecified atom stereocenters. The summed E-state index contributed by atoms with van der Waals surface area (Å²) >= 11 is 5.86. The van der Waals surface area contributed by atoms with E-state index in [9.17, 15) is 4.79 Å². The van der Waals surface area contributed by atoms with Crippen molar-refractivity contribution in [2.45, 2.75) is 13.5 Å². The van der Waals surface area contributed by atoms with Gasteiger partial charge in [-0.2, -0.15) is 0 Å². The molecule has 100 valence electrons. The van der Waals surface area contributed by atoms with Crippen molar-refractivity contribution < 1.29 is 9.21 Å². The molecule has 0 saturated carbocycles. The van der Waals surface area contributed by atoms with E-state index in [0.29, 0.717) is 27.9 Å². The van der Waals surface area contributed by atoms with Crippen LogP contribution in [0.1, 0.15) is 22.0 Å². The first-order valence-electron chi connectivity index (χ1n) is 5.56. The molecule has 0 atom stereocenters. The highest BCUT2D eigenvalue weighted by Crippen LogP contribution is 2.19. The van der Waals surface area contributed by atoms with E-state index in [1.165, 1.54) is 6.07 Å². The quantitative estimate of drug-likeness (QED) is 0.587. The maximum absolute atomic E-state index is 12.0. The third-order valence-electron chi connectivity index (χ3n) is 2.45. The maximum atomic E-state index is 12.0. The van der Waals surface area contributed by atoms with E-state index < -0.39 is 0 Å². The van der Waals surface area contributed by atoms with Crippen LogP contribution < -0.4 is 16.6 Å². The number of nitrogens with one attached hydrogen (secondary N) is 2. The van der Waals surface area contributed by atoms with E-state index in [4.69, 9.17) is 21.9 Å². The zero-order valence-corrected chi connectivity index (χ0v) is 11.0. The molecule has 0 aliphatic rings. The van der Waals surface area contributed by atoms with Crippen LogP contribution in [0.4, 0.5) is 5.69 Å². The summed E-state index contributed by atoms with van der Waals surface area (Å²) in [5.41, 5.74) is 3.30. The highest BCUT2D eigenvalue weighted by molar-refractivity contribution is 6.31. The van der Waals surface area contributed by atoms with Crippen LogP contribution in [0.15, 0.2) is 28.8 Å². The number of amides is 1. The van der Waals surface area contributed by atoms with Crippen molar-refractivity contribution in [1.29, 1.82) is 0 Å². The molecule has 0 radical (unpaired) electrons. The number of anilines is 1. The zero-order chi connectivity index (χ0) is 13.8. The molecule has 1 aromatic carbocycles. The third kappa shape index (κ3) is 3.24. The second-order valence-corrected chi connectivity index (χ2v) is 4.32. The monoisotopic (exact) mass is 280 g/mol. The Bertz CT molecular complexity index is 597. The minimum absolute atomic E-state index is 0.198. The minimum Gasteiger partial charge on any atom is -0.444 e. The molecule has 0 aliphatic carbocycles. The van der Waals surface area contributed by atoms with Gasteiger partial charge >= 0.3 is 0 Å². The van der Waals surface area contributed by atoms with Crippen LogP contribution in [0.5, 0.6) is 0 Å². The fourth-order valence-corrected chi connectivity index (χ4v) is 1.74. The number of oxazole rings is 1. The lowest BCUT2D eigenvalue weighted by Crippen LogP contribution is -2.25. The van der Waals surface area contributed by atoms with Gasteiger partial charge in [-0.25, -0.2) is 4.98 Å². The van der Waals surface area contributed by atoms with Crippen LogP contribution >= 0.6 is 11.6 Å². The number of hydrogen-bond donors (Lipinski definition) is 3. The summed E-state index contributed by atoms with van der Waals surface area (Å²) in [6.07, 6.45) is 1.59. The summed E-state index contributed by atoms with van der Waals surface area (Å²) in [5, 5.41) is 3.14. The number of nitrogens with two attached hydrogens (primary N) is 1. The van der Waals surface area contributed by atoms with E-state index in [1.54, 1.807) is 25.3 Å². The normalized spacial score (nSPS) is 10.3. The summed E-state index contributed by atoms with van der Waals surface area (Å²) in [7, 11) is 0. The zero-order valence-electron chi connectivity index (χ0n) is 10.2. The first kappa shape index (κ1) is 13.4. The van der Waals surface area contributed by atoms with Crippen molar-refractivity contribution in [3.05, 3.63) is 46.6 Å². The molecular formula is C12H13ClN4O2. The number of hydrazine groups is 1. The van der Waals surface area contributed by atoms with Crippen LogP contribution in [0.25, 0.3) is 0 Å². The largest absolute Gasteiger partial charge is 0.444 e. The molecule has 2 rings (SSSR count). The first-order chi connectivity index (χ1) is 9.10. The fourth-order valence-electron chi connectivity index (χ4n) is 1.56. The molecule has 0 bridgehead atoms. The molecule has 4 N–H and O–H groups in total. The van der Waals surface area contributed by atoms with Crippen molar-refractivity contribution in [2.24, 2.45) is 5.84 Å². The molecule has 1 aromatic heterocycles. The molecule has 0 saturated heterocycles. The van der Waals surface area contributed by atoms with Gasteiger partial charge in [0.05, 0.1) is 24.0 Å². The molecule has 0 fully saturated rings. The Hall–Kier alpha value is -2.05. The van der Waals surface area contributed by atoms with E-state index in [-0.39, 0.29) is 12.5 Å². The summed E-state index contributed by atoms with van der Waals surface area (Å²) < 4.78 is 5.26. The smallest absolute Gasteiger partial charge is 0.253 e. The topological polar surface area (TPSA) is 93.2 Å². The number of benzene rings is 1. The maximum Gasteiger partial charge on any atom is 0.253 e. The van der Waals surface area contributed by atoms with Gasteiger partial charge < -0.3 is 15.2 Å². The number of rotatable bonds is 4. The predicted octanol–water partition coefficient (Wildman–Crippen LogP) is 1.85. The summed E-state index contributed by atoms with van der Waals surface area (Å²) in [6, 6.07) is 4.81. The van der Waals surface area contributed by atoms with E-state index >= 15 is 0 Å². The Kier molecular flexibility index (Phi) is 4.03. The lowest BCUT2D eigenvalue weighted by atomic mass is 10.1. The lowest BCUT2D eigenvalue weighted by molar-refractivity contribution is 0.0948. The van der Waals surface area contributed by atoms with Gasteiger partial charge in [-0.05, 0) is 25.1 Å². The molecule has 6 nitrogen and oxygen atoms in total. The summed E-state index contributed by atoms with van der Waals surface area (Å²) in [5.74, 6) is 6.16. The summed E-state index contributed by atoms with van der Waals surface area (Å²) in [4.78, 5) is 16.0. The van der Waals surface area contributed by atoms with Crippen molar-refractivity contribution in [1.82, 2.24) is 10.3 Å². The van der Waals surface area contributed by atoms with Gasteiger partial charge in [0.15, 0.2) is 0 Å². The molecular weight excluding hydrogens is 268 g/mol. The van der Waals surface area contributed by atoms with E-state index in [1.807, 2.05) is 0 Å². The van der Waals surface area contributed by atoms with Gasteiger partial charge in [0.25, 0.3) is 5.91 Å². The number of hydrogen-bond acceptors (Lipinski definition) is 5. The number of halogens is 1. The molecule has 7 heteroatoms. The molecule has 19 heavy (non-hydrogen) atoms. The summed E-state index contributed by atoms with van der Waals surface area (Å²) in [6.45, 7) is 1.98. The Morgan fingerprint density at radius 1 is 1.53 bits per heavy atom. The number of nitrogen functional groups attached to an aromatic ring is 1. The predicted molar refractivity (Wildman–Crippen MR) is 71.7 cm³/mol. The second-order valence-electron chi connectivity index (χ2n) is 3.88. The second kappa shape index (κ2) is 5.73. The van der Waals surface area contributed by atoms with Gasteiger partial charge in [0, 0.05) is 5.02 Å². The first-order valence-corrected chi connectivity index (χ1v) is 5.93. The SMILES string of the molecule is Cc1cnc(CNC(=O)c2cc(Cl)ccc2NN)o1. The Morgan fingerprint density at radius 3 is 2.95 bits per heavy atom. The standard InChI is InChI=1S/C12H13ClN4O2/c1-7-5-15-11(19-7)6-16-12(18)9-4-8(13)2-3-10(9)17-14/h2-5,17H,6,14H2,1H3,(H,16,18). The van der Waals surface area contributed by atoms with Gasteiger partial charge in [-0.1, -0.05) is 11.6 Å². The van der Waals surface area contributed by atoms with Crippen LogP contribution in [-0.4, -0.2) is 10.9 Å². The number of carbonyl (C=O) groups excluding carboxylic acids is 1. The van der Waals surface area contributed by atoms with Crippen LogP contribution in [-0.2, 0) is 6.54 Å². The van der Waals surface area contributed by atoms with Crippen molar-refractivity contribution in [2.75, 3.05) is 5.43 Å². The number of carbonyl (C=O) groups is 1. The molecule has 2 aromatic rings. The Morgan fingerprint density at radius 2 is 2.32 bits per heavy atom. The highest BCUT2D eigenvalue weighted by Gasteiger charge is 2.12. The molecule has 0 spiro atoms. The van der Waals surface area contributed by atoms with Gasteiger partial charge in [-0.15, -0.1) is 0 Å². The number of aromatic nitrogens is 1. The van der Waals surface area contributed by atoms with Crippen LogP contribution in [0.3, 0.4) is 0 Å². The number of nitrogens with zero attached hydrogens (tertiary/aromatic N) is 1. The highest BCUT2D eigenvalue weighted by atomic mass is 35.5. The molecule has 1 amide bonds. The van der Waals surface area contributed by atoms with Gasteiger partial charge in [0.1, 0.15) is 5.76 Å². The molecule has 1 heterocycles. The third-order valence-corrected chi connectivity index (χ3v) is 2.69. The number of aryl methyl sites for hydroxylation is 1. The van der Waals surface area contributed by atoms with Gasteiger partial charge in [-0.3, -0.25) is 10.6 Å². The fraction of sp³-hybridized carbons (Fsp3) is 0.167. The lowest BCUT2D eigenvalue weighted by Gasteiger charge is -2.09. The Labute approximate surface area is 114 Å². The Balaban J connectivity index is 2.09. The van der Waals surface area contributed by atoms with Crippen LogP contribution in [0, 0.1) is 6.92 Å². The van der Waals surface area contributed by atoms with E-state index in [2.05, 4.69) is 15.7 Å². The van der Waals surface area contributed by atoms with Gasteiger partial charge in [0.2, 0.25) is 5.89 Å². The minimum atomic E-state index is -0.314. The average Bonchev–Trinajstić information content (AvgIpc) is 2.81. The van der Waals surface area contributed by atoms with Crippen LogP contribution in [0.2, 0.25) is 5.02 Å². The van der Waals surface area contributed by atoms with Crippen molar-refractivity contribution in [3.63, 3.8) is 0 Å². The van der Waals surface area contributed by atoms with Crippen molar-refractivity contribution in [3.8, 4) is 0 Å². The van der Waals surface area contributed by atoms with Crippen molar-refractivity contribution >= 4 is 23.2 Å². The molecule has 0 aliphatic heterocycles. The van der Waals surface area contributed by atoms with E-state index in [0.717, 1.165) is 0 Å². The average molecular weight is 281 g/mol.